The second-order valence-corrected chi connectivity index (χ2v) is 7.32. The van der Waals surface area contributed by atoms with Gasteiger partial charge in [0.25, 0.3) is 0 Å². The Hall–Kier alpha value is -1.50. The second kappa shape index (κ2) is 6.55. The fourth-order valence-corrected chi connectivity index (χ4v) is 4.05. The molecule has 2 aliphatic heterocycles. The molecule has 2 aromatic rings. The molecule has 0 saturated carbocycles. The van der Waals surface area contributed by atoms with Gasteiger partial charge in [0, 0.05) is 49.4 Å². The molecule has 1 saturated heterocycles. The van der Waals surface area contributed by atoms with Gasteiger partial charge in [-0.15, -0.1) is 11.3 Å². The molecular formula is C17H22N4OS. The zero-order valence-electron chi connectivity index (χ0n) is 13.4. The first kappa shape index (κ1) is 15.1. The number of fused-ring (bicyclic) bond motifs is 1. The number of nitrogens with zero attached hydrogens (tertiary/aromatic N) is 4. The number of anilines is 1. The summed E-state index contributed by atoms with van der Waals surface area (Å²) in [5.41, 5.74) is 2.45. The molecule has 122 valence electrons. The van der Waals surface area contributed by atoms with Gasteiger partial charge in [-0.3, -0.25) is 4.90 Å². The lowest BCUT2D eigenvalue weighted by Gasteiger charge is -2.26. The van der Waals surface area contributed by atoms with E-state index >= 15 is 0 Å². The second-order valence-electron chi connectivity index (χ2n) is 6.25. The summed E-state index contributed by atoms with van der Waals surface area (Å²) in [5.74, 6) is 1.11. The Morgan fingerprint density at radius 3 is 3.13 bits per heavy atom. The highest BCUT2D eigenvalue weighted by Crippen LogP contribution is 2.27. The minimum absolute atomic E-state index is 0.546. The van der Waals surface area contributed by atoms with Crippen molar-refractivity contribution in [3.05, 3.63) is 40.0 Å². The molecule has 4 heterocycles. The van der Waals surface area contributed by atoms with Crippen molar-refractivity contribution in [2.24, 2.45) is 0 Å². The SMILES string of the molecule is Cc1nc(CN2CCN([C@@H]3CCOC3)Cc3cccnc32)cs1. The summed E-state index contributed by atoms with van der Waals surface area (Å²) in [5, 5.41) is 3.28. The lowest BCUT2D eigenvalue weighted by atomic mass is 10.2. The van der Waals surface area contributed by atoms with E-state index in [2.05, 4.69) is 38.1 Å². The van der Waals surface area contributed by atoms with Gasteiger partial charge in [0.15, 0.2) is 0 Å². The molecule has 0 bridgehead atoms. The highest BCUT2D eigenvalue weighted by Gasteiger charge is 2.28. The van der Waals surface area contributed by atoms with Crippen molar-refractivity contribution in [2.75, 3.05) is 31.2 Å². The molecule has 0 N–H and O–H groups in total. The third kappa shape index (κ3) is 3.24. The summed E-state index contributed by atoms with van der Waals surface area (Å²) < 4.78 is 5.58. The molecule has 0 aromatic carbocycles. The van der Waals surface area contributed by atoms with Crippen molar-refractivity contribution in [3.8, 4) is 0 Å². The molecule has 1 fully saturated rings. The maximum Gasteiger partial charge on any atom is 0.133 e. The highest BCUT2D eigenvalue weighted by atomic mass is 32.1. The van der Waals surface area contributed by atoms with Crippen molar-refractivity contribution in [1.82, 2.24) is 14.9 Å². The molecule has 0 aliphatic carbocycles. The van der Waals surface area contributed by atoms with Crippen LogP contribution in [-0.2, 0) is 17.8 Å². The van der Waals surface area contributed by atoms with Crippen molar-refractivity contribution >= 4 is 17.2 Å². The fraction of sp³-hybridized carbons (Fsp3) is 0.529. The molecule has 0 amide bonds. The van der Waals surface area contributed by atoms with Crippen LogP contribution in [0.2, 0.25) is 0 Å². The Kier molecular flexibility index (Phi) is 4.29. The van der Waals surface area contributed by atoms with E-state index < -0.39 is 0 Å². The summed E-state index contributed by atoms with van der Waals surface area (Å²) in [6, 6.07) is 4.79. The van der Waals surface area contributed by atoms with Crippen LogP contribution in [0.25, 0.3) is 0 Å². The lowest BCUT2D eigenvalue weighted by molar-refractivity contribution is 0.142. The van der Waals surface area contributed by atoms with Crippen molar-refractivity contribution < 1.29 is 4.74 Å². The number of rotatable bonds is 3. The normalized spacial score (nSPS) is 22.1. The molecule has 0 unspecified atom stereocenters. The largest absolute Gasteiger partial charge is 0.380 e. The monoisotopic (exact) mass is 330 g/mol. The molecule has 0 radical (unpaired) electrons. The van der Waals surface area contributed by atoms with Gasteiger partial charge >= 0.3 is 0 Å². The lowest BCUT2D eigenvalue weighted by Crippen LogP contribution is -2.38. The van der Waals surface area contributed by atoms with E-state index in [1.807, 2.05) is 12.3 Å². The van der Waals surface area contributed by atoms with Crippen LogP contribution in [0.15, 0.2) is 23.7 Å². The van der Waals surface area contributed by atoms with Crippen LogP contribution in [0.5, 0.6) is 0 Å². The first-order valence-electron chi connectivity index (χ1n) is 8.21. The Morgan fingerprint density at radius 1 is 1.39 bits per heavy atom. The van der Waals surface area contributed by atoms with Crippen LogP contribution in [0.4, 0.5) is 5.82 Å². The van der Waals surface area contributed by atoms with Gasteiger partial charge < -0.3 is 9.64 Å². The summed E-state index contributed by atoms with van der Waals surface area (Å²) in [6.45, 7) is 7.64. The minimum Gasteiger partial charge on any atom is -0.380 e. The number of thiazole rings is 1. The number of aromatic nitrogens is 2. The van der Waals surface area contributed by atoms with Gasteiger partial charge in [0.1, 0.15) is 5.82 Å². The van der Waals surface area contributed by atoms with E-state index in [1.165, 1.54) is 5.56 Å². The molecule has 4 rings (SSSR count). The van der Waals surface area contributed by atoms with Crippen LogP contribution in [0, 0.1) is 6.92 Å². The molecule has 1 atom stereocenters. The Balaban J connectivity index is 1.58. The predicted molar refractivity (Wildman–Crippen MR) is 91.8 cm³/mol. The third-order valence-electron chi connectivity index (χ3n) is 4.64. The number of aryl methyl sites for hydroxylation is 1. The Bertz CT molecular complexity index is 668. The van der Waals surface area contributed by atoms with Gasteiger partial charge in [-0.05, 0) is 19.4 Å². The zero-order valence-corrected chi connectivity index (χ0v) is 14.3. The Labute approximate surface area is 140 Å². The van der Waals surface area contributed by atoms with Crippen LogP contribution < -0.4 is 4.90 Å². The molecule has 2 aromatic heterocycles. The summed E-state index contributed by atoms with van der Waals surface area (Å²) in [6.07, 6.45) is 3.04. The van der Waals surface area contributed by atoms with Crippen molar-refractivity contribution in [1.29, 1.82) is 0 Å². The molecule has 0 spiro atoms. The standard InChI is InChI=1S/C17H22N4OS/c1-13-19-15(12-23-13)10-21-7-6-20(16-4-8-22-11-16)9-14-3-2-5-18-17(14)21/h2-3,5,12,16H,4,6-11H2,1H3/t16-/m1/s1. The highest BCUT2D eigenvalue weighted by molar-refractivity contribution is 7.09. The summed E-state index contributed by atoms with van der Waals surface area (Å²) in [7, 11) is 0. The van der Waals surface area contributed by atoms with E-state index in [0.29, 0.717) is 6.04 Å². The molecule has 2 aliphatic rings. The molecule has 5 nitrogen and oxygen atoms in total. The smallest absolute Gasteiger partial charge is 0.133 e. The number of hydrogen-bond donors (Lipinski definition) is 0. The van der Waals surface area contributed by atoms with Crippen LogP contribution in [0.3, 0.4) is 0 Å². The average molecular weight is 330 g/mol. The molecule has 23 heavy (non-hydrogen) atoms. The van der Waals surface area contributed by atoms with E-state index in [9.17, 15) is 0 Å². The summed E-state index contributed by atoms with van der Waals surface area (Å²) in [4.78, 5) is 14.2. The number of ether oxygens (including phenoxy) is 1. The quantitative estimate of drug-likeness (QED) is 0.865. The van der Waals surface area contributed by atoms with Crippen LogP contribution in [0.1, 0.15) is 22.7 Å². The number of pyridine rings is 1. The minimum atomic E-state index is 0.546. The van der Waals surface area contributed by atoms with Gasteiger partial charge in [0.2, 0.25) is 0 Å². The van der Waals surface area contributed by atoms with Gasteiger partial charge in [0.05, 0.1) is 23.9 Å². The zero-order chi connectivity index (χ0) is 15.6. The van der Waals surface area contributed by atoms with Crippen LogP contribution >= 0.6 is 11.3 Å². The Morgan fingerprint density at radius 2 is 2.35 bits per heavy atom. The van der Waals surface area contributed by atoms with E-state index in [1.54, 1.807) is 11.3 Å². The van der Waals surface area contributed by atoms with Crippen molar-refractivity contribution in [3.63, 3.8) is 0 Å². The van der Waals surface area contributed by atoms with Crippen molar-refractivity contribution in [2.45, 2.75) is 32.5 Å². The molecular weight excluding hydrogens is 308 g/mol. The van der Waals surface area contributed by atoms with E-state index in [-0.39, 0.29) is 0 Å². The van der Waals surface area contributed by atoms with E-state index in [0.717, 1.165) is 62.3 Å². The first-order valence-corrected chi connectivity index (χ1v) is 9.09. The van der Waals surface area contributed by atoms with Gasteiger partial charge in [-0.2, -0.15) is 0 Å². The average Bonchev–Trinajstić information content (AvgIpc) is 3.19. The van der Waals surface area contributed by atoms with Crippen LogP contribution in [-0.4, -0.2) is 47.2 Å². The predicted octanol–water partition coefficient (Wildman–Crippen LogP) is 2.46. The first-order chi connectivity index (χ1) is 11.3. The van der Waals surface area contributed by atoms with E-state index in [4.69, 9.17) is 4.74 Å². The molecule has 6 heteroatoms. The topological polar surface area (TPSA) is 41.5 Å². The number of hydrogen-bond acceptors (Lipinski definition) is 6. The van der Waals surface area contributed by atoms with Gasteiger partial charge in [-0.1, -0.05) is 6.07 Å². The maximum absolute atomic E-state index is 5.58. The maximum atomic E-state index is 5.58. The fourth-order valence-electron chi connectivity index (χ4n) is 3.44. The van der Waals surface area contributed by atoms with Gasteiger partial charge in [-0.25, -0.2) is 9.97 Å². The summed E-state index contributed by atoms with van der Waals surface area (Å²) >= 11 is 1.72. The third-order valence-corrected chi connectivity index (χ3v) is 5.46.